The Morgan fingerprint density at radius 3 is 2.29 bits per heavy atom. The first-order chi connectivity index (χ1) is 6.66. The van der Waals surface area contributed by atoms with Crippen molar-refractivity contribution >= 4 is 11.9 Å². The van der Waals surface area contributed by atoms with Crippen molar-refractivity contribution in [3.05, 3.63) is 11.9 Å². The zero-order chi connectivity index (χ0) is 10.1. The zero-order valence-corrected chi connectivity index (χ0v) is 7.52. The van der Waals surface area contributed by atoms with Crippen molar-refractivity contribution in [1.29, 1.82) is 0 Å². The fourth-order valence-corrected chi connectivity index (χ4v) is 1.11. The number of aromatic amines is 1. The van der Waals surface area contributed by atoms with E-state index in [0.29, 0.717) is 5.82 Å². The summed E-state index contributed by atoms with van der Waals surface area (Å²) in [4.78, 5) is 11.6. The first kappa shape index (κ1) is 8.42. The molecule has 0 atom stereocenters. The average Bonchev–Trinajstić information content (AvgIpc) is 2.49. The number of nitrogens with two attached hydrogens (primary N) is 2. The van der Waals surface area contributed by atoms with Crippen molar-refractivity contribution in [3.63, 3.8) is 0 Å². The molecule has 7 nitrogen and oxygen atoms in total. The Kier molecular flexibility index (Phi) is 1.77. The fraction of sp³-hybridized carbons (Fsp3) is 0.143. The van der Waals surface area contributed by atoms with E-state index >= 15 is 0 Å². The summed E-state index contributed by atoms with van der Waals surface area (Å²) in [6, 6.07) is 0. The van der Waals surface area contributed by atoms with Gasteiger partial charge in [0.1, 0.15) is 0 Å². The summed E-state index contributed by atoms with van der Waals surface area (Å²) in [6.45, 7) is 1.86. The minimum Gasteiger partial charge on any atom is -0.368 e. The summed E-state index contributed by atoms with van der Waals surface area (Å²) >= 11 is 0. The number of aromatic nitrogens is 5. The van der Waals surface area contributed by atoms with Crippen LogP contribution in [0.3, 0.4) is 0 Å². The third-order valence-corrected chi connectivity index (χ3v) is 1.74. The van der Waals surface area contributed by atoms with Gasteiger partial charge in [-0.05, 0) is 6.92 Å². The van der Waals surface area contributed by atoms with Gasteiger partial charge in [0.05, 0.1) is 11.8 Å². The van der Waals surface area contributed by atoms with Crippen LogP contribution >= 0.6 is 0 Å². The van der Waals surface area contributed by atoms with Crippen molar-refractivity contribution in [2.24, 2.45) is 0 Å². The summed E-state index contributed by atoms with van der Waals surface area (Å²) in [5, 5.41) is 6.62. The number of nitrogen functional groups attached to an aromatic ring is 2. The second kappa shape index (κ2) is 2.95. The summed E-state index contributed by atoms with van der Waals surface area (Å²) in [5.74, 6) is 0.641. The maximum atomic E-state index is 5.44. The number of hydrogen-bond acceptors (Lipinski definition) is 6. The van der Waals surface area contributed by atoms with Gasteiger partial charge < -0.3 is 11.5 Å². The molecule has 2 heterocycles. The zero-order valence-electron chi connectivity index (χ0n) is 7.52. The van der Waals surface area contributed by atoms with Crippen LogP contribution in [0.4, 0.5) is 11.9 Å². The van der Waals surface area contributed by atoms with Crippen molar-refractivity contribution in [1.82, 2.24) is 25.1 Å². The van der Waals surface area contributed by atoms with Crippen LogP contribution < -0.4 is 11.5 Å². The van der Waals surface area contributed by atoms with Gasteiger partial charge >= 0.3 is 0 Å². The maximum Gasteiger partial charge on any atom is 0.225 e. The molecule has 0 aliphatic heterocycles. The smallest absolute Gasteiger partial charge is 0.225 e. The number of anilines is 2. The first-order valence-corrected chi connectivity index (χ1v) is 3.94. The molecule has 0 spiro atoms. The lowest BCUT2D eigenvalue weighted by Gasteiger charge is -1.99. The molecule has 0 aliphatic carbocycles. The number of hydrogen-bond donors (Lipinski definition) is 3. The van der Waals surface area contributed by atoms with E-state index in [-0.39, 0.29) is 11.9 Å². The predicted molar refractivity (Wildman–Crippen MR) is 51.0 cm³/mol. The second-order valence-corrected chi connectivity index (χ2v) is 2.78. The Morgan fingerprint density at radius 1 is 1.14 bits per heavy atom. The molecule has 5 N–H and O–H groups in total. The molecular formula is C7H9N7. The molecule has 2 aromatic heterocycles. The molecule has 0 aromatic carbocycles. The molecule has 0 saturated heterocycles. The van der Waals surface area contributed by atoms with Gasteiger partial charge in [0.15, 0.2) is 5.82 Å². The van der Waals surface area contributed by atoms with E-state index in [1.54, 1.807) is 6.20 Å². The lowest BCUT2D eigenvalue weighted by Crippen LogP contribution is -2.04. The van der Waals surface area contributed by atoms with Crippen molar-refractivity contribution < 1.29 is 0 Å². The average molecular weight is 191 g/mol. The Balaban J connectivity index is 2.57. The summed E-state index contributed by atoms with van der Waals surface area (Å²) in [6.07, 6.45) is 1.61. The maximum absolute atomic E-state index is 5.44. The fourth-order valence-electron chi connectivity index (χ4n) is 1.11. The SMILES string of the molecule is Cc1[nH]ncc1-c1nc(N)nc(N)n1. The molecule has 0 radical (unpaired) electrons. The molecular weight excluding hydrogens is 182 g/mol. The number of aryl methyl sites for hydroxylation is 1. The van der Waals surface area contributed by atoms with E-state index in [4.69, 9.17) is 11.5 Å². The highest BCUT2D eigenvalue weighted by Gasteiger charge is 2.08. The normalized spacial score (nSPS) is 10.4. The number of rotatable bonds is 1. The third kappa shape index (κ3) is 1.35. The molecule has 72 valence electrons. The minimum atomic E-state index is 0.105. The van der Waals surface area contributed by atoms with Crippen molar-refractivity contribution in [3.8, 4) is 11.4 Å². The van der Waals surface area contributed by atoms with Crippen molar-refractivity contribution in [2.75, 3.05) is 11.5 Å². The molecule has 7 heteroatoms. The van der Waals surface area contributed by atoms with Gasteiger partial charge in [-0.2, -0.15) is 20.1 Å². The van der Waals surface area contributed by atoms with Gasteiger partial charge in [-0.15, -0.1) is 0 Å². The summed E-state index contributed by atoms with van der Waals surface area (Å²) in [7, 11) is 0. The minimum absolute atomic E-state index is 0.105. The largest absolute Gasteiger partial charge is 0.368 e. The standard InChI is InChI=1S/C7H9N7/c1-3-4(2-10-14-3)5-11-6(8)13-7(9)12-5/h2H,1H3,(H,10,14)(H4,8,9,11,12,13). The Morgan fingerprint density at radius 2 is 1.79 bits per heavy atom. The lowest BCUT2D eigenvalue weighted by atomic mass is 10.2. The monoisotopic (exact) mass is 191 g/mol. The molecule has 0 aliphatic rings. The van der Waals surface area contributed by atoms with Crippen LogP contribution in [-0.4, -0.2) is 25.1 Å². The van der Waals surface area contributed by atoms with Crippen LogP contribution in [0, 0.1) is 6.92 Å². The highest BCUT2D eigenvalue weighted by atomic mass is 15.2. The molecule has 0 unspecified atom stereocenters. The summed E-state index contributed by atoms with van der Waals surface area (Å²) in [5.41, 5.74) is 12.5. The topological polar surface area (TPSA) is 119 Å². The van der Waals surface area contributed by atoms with Crippen LogP contribution in [0.25, 0.3) is 11.4 Å². The van der Waals surface area contributed by atoms with Crippen molar-refractivity contribution in [2.45, 2.75) is 6.92 Å². The number of nitrogens with one attached hydrogen (secondary N) is 1. The Labute approximate surface area is 79.6 Å². The summed E-state index contributed by atoms with van der Waals surface area (Å²) < 4.78 is 0. The highest BCUT2D eigenvalue weighted by Crippen LogP contribution is 2.17. The second-order valence-electron chi connectivity index (χ2n) is 2.78. The van der Waals surface area contributed by atoms with Gasteiger partial charge in [0.25, 0.3) is 0 Å². The van der Waals surface area contributed by atoms with E-state index in [2.05, 4.69) is 25.1 Å². The van der Waals surface area contributed by atoms with E-state index in [1.807, 2.05) is 6.92 Å². The number of H-pyrrole nitrogens is 1. The molecule has 0 saturated carbocycles. The van der Waals surface area contributed by atoms with Crippen LogP contribution in [-0.2, 0) is 0 Å². The van der Waals surface area contributed by atoms with Crippen LogP contribution in [0.15, 0.2) is 6.20 Å². The Bertz CT molecular complexity index is 441. The third-order valence-electron chi connectivity index (χ3n) is 1.74. The number of nitrogens with zero attached hydrogens (tertiary/aromatic N) is 4. The van der Waals surface area contributed by atoms with Crippen LogP contribution in [0.1, 0.15) is 5.69 Å². The molecule has 0 fully saturated rings. The van der Waals surface area contributed by atoms with Gasteiger partial charge in [-0.1, -0.05) is 0 Å². The first-order valence-electron chi connectivity index (χ1n) is 3.94. The highest BCUT2D eigenvalue weighted by molar-refractivity contribution is 5.58. The van der Waals surface area contributed by atoms with Gasteiger partial charge in [0, 0.05) is 5.69 Å². The molecule has 2 aromatic rings. The molecule has 0 amide bonds. The van der Waals surface area contributed by atoms with E-state index in [9.17, 15) is 0 Å². The molecule has 2 rings (SSSR count). The van der Waals surface area contributed by atoms with Gasteiger partial charge in [0.2, 0.25) is 11.9 Å². The van der Waals surface area contributed by atoms with E-state index < -0.39 is 0 Å². The lowest BCUT2D eigenvalue weighted by molar-refractivity contribution is 1.04. The van der Waals surface area contributed by atoms with Crippen LogP contribution in [0.5, 0.6) is 0 Å². The van der Waals surface area contributed by atoms with E-state index in [1.165, 1.54) is 0 Å². The van der Waals surface area contributed by atoms with Gasteiger partial charge in [-0.25, -0.2) is 0 Å². The Hall–Kier alpha value is -2.18. The predicted octanol–water partition coefficient (Wildman–Crippen LogP) is -0.265. The molecule has 0 bridgehead atoms. The van der Waals surface area contributed by atoms with Gasteiger partial charge in [-0.3, -0.25) is 5.10 Å². The quantitative estimate of drug-likeness (QED) is 0.571. The van der Waals surface area contributed by atoms with E-state index in [0.717, 1.165) is 11.3 Å². The van der Waals surface area contributed by atoms with Crippen LogP contribution in [0.2, 0.25) is 0 Å². The molecule has 14 heavy (non-hydrogen) atoms.